The van der Waals surface area contributed by atoms with Gasteiger partial charge in [-0.2, -0.15) is 0 Å². The standard InChI is InChI=1S/C18H26N4S/c1-12-8-13(2)16(14(3)9-12)6-7-20-18(19-5)22-11-17-21-10-15(4)23-17/h8-10H,6-7,11H2,1-5H3,(H2,19,20,22). The third kappa shape index (κ3) is 5.06. The molecule has 0 saturated heterocycles. The first-order chi connectivity index (χ1) is 11.0. The van der Waals surface area contributed by atoms with Gasteiger partial charge in [0.25, 0.3) is 0 Å². The Kier molecular flexibility index (Phi) is 6.16. The summed E-state index contributed by atoms with van der Waals surface area (Å²) in [5, 5.41) is 7.77. The number of hydrogen-bond donors (Lipinski definition) is 2. The minimum atomic E-state index is 0.709. The summed E-state index contributed by atoms with van der Waals surface area (Å²) in [5.41, 5.74) is 5.48. The van der Waals surface area contributed by atoms with Crippen LogP contribution in [-0.4, -0.2) is 24.5 Å². The number of aliphatic imine (C=N–C) groups is 1. The summed E-state index contributed by atoms with van der Waals surface area (Å²) < 4.78 is 0. The number of hydrogen-bond acceptors (Lipinski definition) is 3. The maximum absolute atomic E-state index is 4.35. The summed E-state index contributed by atoms with van der Waals surface area (Å²) in [4.78, 5) is 9.86. The Balaban J connectivity index is 1.84. The van der Waals surface area contributed by atoms with Crippen molar-refractivity contribution in [3.63, 3.8) is 0 Å². The van der Waals surface area contributed by atoms with Crippen molar-refractivity contribution < 1.29 is 0 Å². The van der Waals surface area contributed by atoms with Crippen LogP contribution in [0.1, 0.15) is 32.1 Å². The summed E-state index contributed by atoms with van der Waals surface area (Å²) in [6.07, 6.45) is 2.90. The van der Waals surface area contributed by atoms with Gasteiger partial charge in [0, 0.05) is 24.7 Å². The lowest BCUT2D eigenvalue weighted by molar-refractivity contribution is 0.787. The molecule has 2 N–H and O–H groups in total. The van der Waals surface area contributed by atoms with E-state index in [-0.39, 0.29) is 0 Å². The molecule has 1 aromatic carbocycles. The number of nitrogens with one attached hydrogen (secondary N) is 2. The van der Waals surface area contributed by atoms with Crippen molar-refractivity contribution in [1.82, 2.24) is 15.6 Å². The van der Waals surface area contributed by atoms with Gasteiger partial charge in [0.2, 0.25) is 0 Å². The molecule has 0 atom stereocenters. The highest BCUT2D eigenvalue weighted by atomic mass is 32.1. The molecule has 0 fully saturated rings. The second kappa shape index (κ2) is 8.11. The summed E-state index contributed by atoms with van der Waals surface area (Å²) in [6, 6.07) is 4.50. The molecule has 0 aliphatic carbocycles. The Hall–Kier alpha value is -1.88. The van der Waals surface area contributed by atoms with E-state index in [0.29, 0.717) is 6.54 Å². The zero-order valence-corrected chi connectivity index (χ0v) is 15.5. The van der Waals surface area contributed by atoms with E-state index in [1.54, 1.807) is 18.4 Å². The van der Waals surface area contributed by atoms with Gasteiger partial charge in [-0.25, -0.2) is 4.98 Å². The molecule has 2 rings (SSSR count). The van der Waals surface area contributed by atoms with Gasteiger partial charge < -0.3 is 10.6 Å². The van der Waals surface area contributed by atoms with Crippen molar-refractivity contribution in [2.24, 2.45) is 4.99 Å². The second-order valence-electron chi connectivity index (χ2n) is 5.84. The summed E-state index contributed by atoms with van der Waals surface area (Å²) in [6.45, 7) is 10.2. The molecule has 4 nitrogen and oxygen atoms in total. The number of guanidine groups is 1. The fourth-order valence-corrected chi connectivity index (χ4v) is 3.50. The van der Waals surface area contributed by atoms with E-state index in [0.717, 1.165) is 23.9 Å². The van der Waals surface area contributed by atoms with Crippen LogP contribution in [0.4, 0.5) is 0 Å². The van der Waals surface area contributed by atoms with E-state index in [1.165, 1.54) is 27.1 Å². The van der Waals surface area contributed by atoms with E-state index >= 15 is 0 Å². The van der Waals surface area contributed by atoms with E-state index in [2.05, 4.69) is 60.4 Å². The molecule has 0 aliphatic rings. The fourth-order valence-electron chi connectivity index (χ4n) is 2.77. The van der Waals surface area contributed by atoms with Crippen LogP contribution >= 0.6 is 11.3 Å². The van der Waals surface area contributed by atoms with Gasteiger partial charge in [0.1, 0.15) is 5.01 Å². The first kappa shape index (κ1) is 17.5. The average molecular weight is 331 g/mol. The number of aromatic nitrogens is 1. The number of aryl methyl sites for hydroxylation is 4. The molecule has 1 heterocycles. The molecule has 0 bridgehead atoms. The molecule has 0 aliphatic heterocycles. The van der Waals surface area contributed by atoms with Crippen molar-refractivity contribution in [1.29, 1.82) is 0 Å². The highest BCUT2D eigenvalue weighted by Crippen LogP contribution is 2.16. The van der Waals surface area contributed by atoms with E-state index < -0.39 is 0 Å². The molecule has 0 spiro atoms. The average Bonchev–Trinajstić information content (AvgIpc) is 2.90. The van der Waals surface area contributed by atoms with Gasteiger partial charge in [-0.3, -0.25) is 4.99 Å². The number of thiazole rings is 1. The normalized spacial score (nSPS) is 11.6. The first-order valence-corrected chi connectivity index (χ1v) is 8.73. The summed E-state index contributed by atoms with van der Waals surface area (Å²) in [7, 11) is 1.80. The molecule has 1 aromatic heterocycles. The molecule has 124 valence electrons. The zero-order chi connectivity index (χ0) is 16.8. The van der Waals surface area contributed by atoms with E-state index in [4.69, 9.17) is 0 Å². The largest absolute Gasteiger partial charge is 0.356 e. The Bertz CT molecular complexity index is 665. The number of benzene rings is 1. The predicted octanol–water partition coefficient (Wildman–Crippen LogP) is 3.28. The molecule has 5 heteroatoms. The first-order valence-electron chi connectivity index (χ1n) is 7.92. The maximum atomic E-state index is 4.35. The van der Waals surface area contributed by atoms with E-state index in [1.807, 2.05) is 6.20 Å². The number of nitrogens with zero attached hydrogens (tertiary/aromatic N) is 2. The quantitative estimate of drug-likeness (QED) is 0.653. The SMILES string of the molecule is CN=C(NCCc1c(C)cc(C)cc1C)NCc1ncc(C)s1. The Morgan fingerprint density at radius 3 is 2.39 bits per heavy atom. The molecule has 23 heavy (non-hydrogen) atoms. The van der Waals surface area contributed by atoms with Gasteiger partial charge in [0.15, 0.2) is 5.96 Å². The number of rotatable bonds is 5. The lowest BCUT2D eigenvalue weighted by atomic mass is 9.97. The smallest absolute Gasteiger partial charge is 0.191 e. The summed E-state index contributed by atoms with van der Waals surface area (Å²) >= 11 is 1.71. The molecular formula is C18H26N4S. The third-order valence-corrected chi connectivity index (χ3v) is 4.72. The van der Waals surface area contributed by atoms with Gasteiger partial charge in [-0.05, 0) is 50.8 Å². The van der Waals surface area contributed by atoms with Gasteiger partial charge in [-0.1, -0.05) is 17.7 Å². The minimum Gasteiger partial charge on any atom is -0.356 e. The van der Waals surface area contributed by atoms with Crippen molar-refractivity contribution in [3.05, 3.63) is 50.5 Å². The topological polar surface area (TPSA) is 49.3 Å². The van der Waals surface area contributed by atoms with Crippen molar-refractivity contribution in [2.45, 2.75) is 40.7 Å². The molecule has 0 radical (unpaired) electrons. The summed E-state index contributed by atoms with van der Waals surface area (Å²) in [5.74, 6) is 0.820. The van der Waals surface area contributed by atoms with Crippen LogP contribution in [0, 0.1) is 27.7 Å². The van der Waals surface area contributed by atoms with Crippen LogP contribution in [0.15, 0.2) is 23.3 Å². The van der Waals surface area contributed by atoms with Gasteiger partial charge in [-0.15, -0.1) is 11.3 Å². The van der Waals surface area contributed by atoms with Crippen molar-refractivity contribution in [3.8, 4) is 0 Å². The predicted molar refractivity (Wildman–Crippen MR) is 99.4 cm³/mol. The van der Waals surface area contributed by atoms with Crippen LogP contribution in [0.3, 0.4) is 0 Å². The molecular weight excluding hydrogens is 304 g/mol. The van der Waals surface area contributed by atoms with E-state index in [9.17, 15) is 0 Å². The molecule has 0 saturated carbocycles. The Morgan fingerprint density at radius 1 is 1.13 bits per heavy atom. The fraction of sp³-hybridized carbons (Fsp3) is 0.444. The van der Waals surface area contributed by atoms with Crippen molar-refractivity contribution >= 4 is 17.3 Å². The molecule has 0 amide bonds. The highest BCUT2D eigenvalue weighted by Gasteiger charge is 2.05. The van der Waals surface area contributed by atoms with Crippen LogP contribution in [0.2, 0.25) is 0 Å². The monoisotopic (exact) mass is 330 g/mol. The maximum Gasteiger partial charge on any atom is 0.191 e. The molecule has 0 unspecified atom stereocenters. The lowest BCUT2D eigenvalue weighted by Gasteiger charge is -2.14. The minimum absolute atomic E-state index is 0.709. The van der Waals surface area contributed by atoms with Crippen LogP contribution in [0.25, 0.3) is 0 Å². The van der Waals surface area contributed by atoms with Gasteiger partial charge >= 0.3 is 0 Å². The van der Waals surface area contributed by atoms with Crippen LogP contribution < -0.4 is 10.6 Å². The molecule has 2 aromatic rings. The van der Waals surface area contributed by atoms with Crippen LogP contribution in [0.5, 0.6) is 0 Å². The highest BCUT2D eigenvalue weighted by molar-refractivity contribution is 7.11. The van der Waals surface area contributed by atoms with Gasteiger partial charge in [0.05, 0.1) is 6.54 Å². The Labute approximate surface area is 143 Å². The lowest BCUT2D eigenvalue weighted by Crippen LogP contribution is -2.37. The van der Waals surface area contributed by atoms with Crippen LogP contribution in [-0.2, 0) is 13.0 Å². The second-order valence-corrected chi connectivity index (χ2v) is 7.16. The third-order valence-electron chi connectivity index (χ3n) is 3.81. The Morgan fingerprint density at radius 2 is 1.83 bits per heavy atom. The zero-order valence-electron chi connectivity index (χ0n) is 14.7. The van der Waals surface area contributed by atoms with Crippen molar-refractivity contribution in [2.75, 3.05) is 13.6 Å².